The summed E-state index contributed by atoms with van der Waals surface area (Å²) in [5.41, 5.74) is 4.61. The zero-order chi connectivity index (χ0) is 18.6. The quantitative estimate of drug-likeness (QED) is 0.629. The Morgan fingerprint density at radius 1 is 1.19 bits per heavy atom. The van der Waals surface area contributed by atoms with Gasteiger partial charge in [0.05, 0.1) is 25.0 Å². The van der Waals surface area contributed by atoms with Crippen LogP contribution in [0, 0.1) is 0 Å². The van der Waals surface area contributed by atoms with E-state index in [-0.39, 0.29) is 5.91 Å². The Balaban J connectivity index is 1.56. The molecule has 1 aliphatic rings. The van der Waals surface area contributed by atoms with E-state index in [1.54, 1.807) is 17.2 Å². The Bertz CT molecular complexity index is 940. The Morgan fingerprint density at radius 2 is 2.04 bits per heavy atom. The lowest BCUT2D eigenvalue weighted by atomic mass is 10.2. The number of nitrogens with zero attached hydrogens (tertiary/aromatic N) is 3. The molecule has 0 radical (unpaired) electrons. The van der Waals surface area contributed by atoms with E-state index in [1.165, 1.54) is 11.3 Å². The van der Waals surface area contributed by atoms with Crippen molar-refractivity contribution in [3.8, 4) is 0 Å². The van der Waals surface area contributed by atoms with Crippen LogP contribution in [-0.4, -0.2) is 20.6 Å². The van der Waals surface area contributed by atoms with Crippen LogP contribution in [0.2, 0.25) is 0 Å². The van der Waals surface area contributed by atoms with Gasteiger partial charge in [0.25, 0.3) is 0 Å². The maximum absolute atomic E-state index is 12.9. The van der Waals surface area contributed by atoms with Crippen molar-refractivity contribution in [1.82, 2.24) is 14.7 Å². The van der Waals surface area contributed by atoms with E-state index in [0.29, 0.717) is 13.1 Å². The minimum atomic E-state index is -0.0485. The fourth-order valence-corrected chi connectivity index (χ4v) is 3.64. The van der Waals surface area contributed by atoms with Crippen molar-refractivity contribution < 1.29 is 9.21 Å². The number of furan rings is 1. The zero-order valence-corrected chi connectivity index (χ0v) is 15.5. The minimum Gasteiger partial charge on any atom is -0.467 e. The van der Waals surface area contributed by atoms with Crippen LogP contribution in [0.15, 0.2) is 59.2 Å². The van der Waals surface area contributed by atoms with Crippen LogP contribution in [0.5, 0.6) is 0 Å². The molecule has 3 aromatic rings. The second-order valence-corrected chi connectivity index (χ2v) is 6.87. The fraction of sp³-hybridized carbons (Fsp3) is 0.273. The molecule has 4 rings (SSSR count). The Morgan fingerprint density at radius 3 is 2.81 bits per heavy atom. The molecule has 5 nitrogen and oxygen atoms in total. The van der Waals surface area contributed by atoms with Gasteiger partial charge in [-0.15, -0.1) is 0 Å². The largest absolute Gasteiger partial charge is 0.467 e. The number of hydrogen-bond donors (Lipinski definition) is 0. The average molecular weight is 361 g/mol. The molecule has 0 saturated heterocycles. The van der Waals surface area contributed by atoms with Gasteiger partial charge < -0.3 is 9.32 Å². The van der Waals surface area contributed by atoms with Crippen molar-refractivity contribution in [2.45, 2.75) is 32.4 Å². The summed E-state index contributed by atoms with van der Waals surface area (Å²) in [7, 11) is 1.99. The SMILES string of the molecule is Cn1nc(CN(Cc2ccco2)C(=O)/C=C/c2ccccc2)c2c1CCC2. The summed E-state index contributed by atoms with van der Waals surface area (Å²) in [6.45, 7) is 0.915. The standard InChI is InChI=1S/C22H23N3O2/c1-24-21-11-5-10-19(21)20(23-24)16-25(15-18-9-6-14-27-18)22(26)13-12-17-7-3-2-4-8-17/h2-4,6-9,12-14H,5,10-11,15-16H2,1H3/b13-12+. The summed E-state index contributed by atoms with van der Waals surface area (Å²) >= 11 is 0. The number of benzene rings is 1. The lowest BCUT2D eigenvalue weighted by Gasteiger charge is -2.19. The normalized spacial score (nSPS) is 13.2. The average Bonchev–Trinajstić information content (AvgIpc) is 3.41. The molecular formula is C22H23N3O2. The van der Waals surface area contributed by atoms with Crippen LogP contribution >= 0.6 is 0 Å². The van der Waals surface area contributed by atoms with Crippen LogP contribution in [0.1, 0.15) is 34.7 Å². The Hall–Kier alpha value is -3.08. The summed E-state index contributed by atoms with van der Waals surface area (Å²) in [6.07, 6.45) is 8.38. The molecule has 0 spiro atoms. The molecule has 0 atom stereocenters. The minimum absolute atomic E-state index is 0.0485. The molecule has 0 saturated carbocycles. The molecule has 0 fully saturated rings. The molecule has 2 aromatic heterocycles. The third-order valence-electron chi connectivity index (χ3n) is 5.00. The topological polar surface area (TPSA) is 51.3 Å². The number of amides is 1. The second kappa shape index (κ2) is 7.66. The number of hydrogen-bond acceptors (Lipinski definition) is 3. The van der Waals surface area contributed by atoms with E-state index in [4.69, 9.17) is 4.42 Å². The molecule has 0 bridgehead atoms. The van der Waals surface area contributed by atoms with E-state index in [9.17, 15) is 4.79 Å². The summed E-state index contributed by atoms with van der Waals surface area (Å²) in [4.78, 5) is 14.7. The monoisotopic (exact) mass is 361 g/mol. The fourth-order valence-electron chi connectivity index (χ4n) is 3.64. The third-order valence-corrected chi connectivity index (χ3v) is 5.00. The van der Waals surface area contributed by atoms with Crippen LogP contribution in [0.3, 0.4) is 0 Å². The van der Waals surface area contributed by atoms with Gasteiger partial charge in [0.2, 0.25) is 5.91 Å². The molecule has 1 aromatic carbocycles. The van der Waals surface area contributed by atoms with Crippen molar-refractivity contribution in [3.63, 3.8) is 0 Å². The molecule has 2 heterocycles. The number of aromatic nitrogens is 2. The van der Waals surface area contributed by atoms with Gasteiger partial charge in [0, 0.05) is 18.8 Å². The first kappa shape index (κ1) is 17.3. The predicted octanol–water partition coefficient (Wildman–Crippen LogP) is 3.74. The maximum Gasteiger partial charge on any atom is 0.247 e. The van der Waals surface area contributed by atoms with Gasteiger partial charge in [-0.3, -0.25) is 9.48 Å². The summed E-state index contributed by atoms with van der Waals surface area (Å²) in [5, 5.41) is 4.67. The van der Waals surface area contributed by atoms with Gasteiger partial charge in [0.15, 0.2) is 0 Å². The van der Waals surface area contributed by atoms with Gasteiger partial charge in [-0.2, -0.15) is 5.10 Å². The maximum atomic E-state index is 12.9. The Kier molecular flexibility index (Phi) is 4.92. The van der Waals surface area contributed by atoms with Crippen molar-refractivity contribution >= 4 is 12.0 Å². The van der Waals surface area contributed by atoms with Gasteiger partial charge in [-0.05, 0) is 48.6 Å². The first-order chi connectivity index (χ1) is 13.2. The van der Waals surface area contributed by atoms with E-state index >= 15 is 0 Å². The molecule has 0 aliphatic heterocycles. The highest BCUT2D eigenvalue weighted by molar-refractivity contribution is 5.91. The molecule has 27 heavy (non-hydrogen) atoms. The molecule has 138 valence electrons. The van der Waals surface area contributed by atoms with Gasteiger partial charge in [0.1, 0.15) is 5.76 Å². The lowest BCUT2D eigenvalue weighted by Crippen LogP contribution is -2.29. The van der Waals surface area contributed by atoms with Crippen molar-refractivity contribution in [2.75, 3.05) is 0 Å². The predicted molar refractivity (Wildman–Crippen MR) is 104 cm³/mol. The van der Waals surface area contributed by atoms with Crippen LogP contribution < -0.4 is 0 Å². The molecule has 1 amide bonds. The van der Waals surface area contributed by atoms with Crippen molar-refractivity contribution in [1.29, 1.82) is 0 Å². The van der Waals surface area contributed by atoms with Gasteiger partial charge in [-0.25, -0.2) is 0 Å². The van der Waals surface area contributed by atoms with E-state index in [2.05, 4.69) is 5.10 Å². The molecule has 0 N–H and O–H groups in total. The third kappa shape index (κ3) is 3.87. The van der Waals surface area contributed by atoms with E-state index in [1.807, 2.05) is 60.3 Å². The number of rotatable bonds is 6. The van der Waals surface area contributed by atoms with Crippen LogP contribution in [0.25, 0.3) is 6.08 Å². The van der Waals surface area contributed by atoms with Crippen LogP contribution in [-0.2, 0) is 37.8 Å². The van der Waals surface area contributed by atoms with Crippen LogP contribution in [0.4, 0.5) is 0 Å². The highest BCUT2D eigenvalue weighted by atomic mass is 16.3. The zero-order valence-electron chi connectivity index (χ0n) is 15.5. The highest BCUT2D eigenvalue weighted by Gasteiger charge is 2.24. The van der Waals surface area contributed by atoms with Crippen molar-refractivity contribution in [3.05, 3.63) is 83.1 Å². The summed E-state index contributed by atoms with van der Waals surface area (Å²) in [6, 6.07) is 13.6. The number of fused-ring (bicyclic) bond motifs is 1. The highest BCUT2D eigenvalue weighted by Crippen LogP contribution is 2.26. The molecular weight excluding hydrogens is 338 g/mol. The number of aryl methyl sites for hydroxylation is 1. The second-order valence-electron chi connectivity index (χ2n) is 6.87. The summed E-state index contributed by atoms with van der Waals surface area (Å²) < 4.78 is 7.43. The molecule has 5 heteroatoms. The first-order valence-corrected chi connectivity index (χ1v) is 9.29. The van der Waals surface area contributed by atoms with E-state index in [0.717, 1.165) is 36.3 Å². The Labute approximate surface area is 158 Å². The summed E-state index contributed by atoms with van der Waals surface area (Å²) in [5.74, 6) is 0.719. The number of carbonyl (C=O) groups is 1. The van der Waals surface area contributed by atoms with E-state index < -0.39 is 0 Å². The van der Waals surface area contributed by atoms with Crippen molar-refractivity contribution in [2.24, 2.45) is 7.05 Å². The molecule has 1 aliphatic carbocycles. The lowest BCUT2D eigenvalue weighted by molar-refractivity contribution is -0.127. The number of carbonyl (C=O) groups excluding carboxylic acids is 1. The smallest absolute Gasteiger partial charge is 0.247 e. The molecule has 0 unspecified atom stereocenters. The first-order valence-electron chi connectivity index (χ1n) is 9.29. The van der Waals surface area contributed by atoms with Gasteiger partial charge in [-0.1, -0.05) is 30.3 Å². The van der Waals surface area contributed by atoms with Gasteiger partial charge >= 0.3 is 0 Å².